The molecule has 3 rings (SSSR count). The standard InChI is InChI=1S/C28H39NO5Si/c1-7-21(32-26(29)30)18-19-24-25(34-28(5,6)33-24)20-31-35(27(2,3)4,22-14-10-8-11-15-22)23-16-12-9-13-17-23/h8-19,21,24-25H,7,20H2,1-6H3,(H2,29,30)/b19-18+/t21-,24+,25+/m0/s1. The number of benzene rings is 2. The van der Waals surface area contributed by atoms with Gasteiger partial charge in [-0.3, -0.25) is 0 Å². The van der Waals surface area contributed by atoms with Crippen LogP contribution in [-0.4, -0.2) is 45.1 Å². The fourth-order valence-electron chi connectivity index (χ4n) is 4.77. The zero-order valence-corrected chi connectivity index (χ0v) is 22.7. The monoisotopic (exact) mass is 497 g/mol. The van der Waals surface area contributed by atoms with Crippen LogP contribution in [-0.2, 0) is 18.6 Å². The Bertz CT molecular complexity index is 948. The second-order valence-corrected chi connectivity index (χ2v) is 14.7. The first-order chi connectivity index (χ1) is 16.5. The highest BCUT2D eigenvalue weighted by Gasteiger charge is 2.51. The first-order valence-corrected chi connectivity index (χ1v) is 14.1. The lowest BCUT2D eigenvalue weighted by molar-refractivity contribution is -0.145. The molecule has 1 fully saturated rings. The third-order valence-electron chi connectivity index (χ3n) is 6.29. The fraction of sp³-hybridized carbons (Fsp3) is 0.464. The van der Waals surface area contributed by atoms with Crippen LogP contribution >= 0.6 is 0 Å². The van der Waals surface area contributed by atoms with E-state index in [4.69, 9.17) is 24.4 Å². The molecule has 1 saturated heterocycles. The Morgan fingerprint density at radius 3 is 2.06 bits per heavy atom. The van der Waals surface area contributed by atoms with Crippen molar-refractivity contribution in [2.45, 2.75) is 77.1 Å². The largest absolute Gasteiger partial charge is 0.442 e. The third-order valence-corrected chi connectivity index (χ3v) is 11.3. The summed E-state index contributed by atoms with van der Waals surface area (Å²) in [6.45, 7) is 12.8. The predicted octanol–water partition coefficient (Wildman–Crippen LogP) is 4.51. The minimum Gasteiger partial charge on any atom is -0.442 e. The van der Waals surface area contributed by atoms with Gasteiger partial charge in [-0.1, -0.05) is 94.4 Å². The number of hydrogen-bond acceptors (Lipinski definition) is 5. The number of primary amides is 1. The van der Waals surface area contributed by atoms with Crippen molar-refractivity contribution < 1.29 is 23.4 Å². The number of carbonyl (C=O) groups excluding carboxylic acids is 1. The van der Waals surface area contributed by atoms with Crippen molar-refractivity contribution in [2.75, 3.05) is 6.61 Å². The van der Waals surface area contributed by atoms with Crippen molar-refractivity contribution in [3.05, 3.63) is 72.8 Å². The lowest BCUT2D eigenvalue weighted by atomic mass is 10.1. The average Bonchev–Trinajstić information content (AvgIpc) is 3.10. The van der Waals surface area contributed by atoms with E-state index in [1.54, 1.807) is 0 Å². The maximum absolute atomic E-state index is 11.2. The lowest BCUT2D eigenvalue weighted by Gasteiger charge is -2.43. The summed E-state index contributed by atoms with van der Waals surface area (Å²) in [7, 11) is -2.71. The number of carbonyl (C=O) groups is 1. The zero-order chi connectivity index (χ0) is 25.7. The van der Waals surface area contributed by atoms with Crippen LogP contribution in [0.5, 0.6) is 0 Å². The summed E-state index contributed by atoms with van der Waals surface area (Å²) in [5.74, 6) is -0.763. The van der Waals surface area contributed by atoms with E-state index in [2.05, 4.69) is 69.3 Å². The molecule has 0 aliphatic carbocycles. The zero-order valence-electron chi connectivity index (χ0n) is 21.7. The Morgan fingerprint density at radius 2 is 1.60 bits per heavy atom. The quantitative estimate of drug-likeness (QED) is 0.407. The third kappa shape index (κ3) is 6.41. The molecule has 0 spiro atoms. The normalized spacial score (nSPS) is 21.2. The molecule has 2 aromatic carbocycles. The number of nitrogens with two attached hydrogens (primary N) is 1. The molecule has 190 valence electrons. The van der Waals surface area contributed by atoms with Crippen LogP contribution in [0.4, 0.5) is 4.79 Å². The molecule has 2 N–H and O–H groups in total. The van der Waals surface area contributed by atoms with Gasteiger partial charge in [-0.15, -0.1) is 0 Å². The summed E-state index contributed by atoms with van der Waals surface area (Å²) in [6.07, 6.45) is 2.43. The van der Waals surface area contributed by atoms with Crippen LogP contribution in [0, 0.1) is 0 Å². The lowest BCUT2D eigenvalue weighted by Crippen LogP contribution is -2.67. The van der Waals surface area contributed by atoms with Gasteiger partial charge in [-0.2, -0.15) is 0 Å². The molecule has 1 aliphatic heterocycles. The van der Waals surface area contributed by atoms with Crippen molar-refractivity contribution >= 4 is 24.8 Å². The van der Waals surface area contributed by atoms with Gasteiger partial charge in [0.25, 0.3) is 8.32 Å². The van der Waals surface area contributed by atoms with E-state index in [1.807, 2.05) is 45.1 Å². The fourth-order valence-corrected chi connectivity index (χ4v) is 9.33. The molecule has 35 heavy (non-hydrogen) atoms. The number of ether oxygens (including phenoxy) is 3. The van der Waals surface area contributed by atoms with Gasteiger partial charge < -0.3 is 24.4 Å². The second kappa shape index (κ2) is 11.1. The molecule has 0 radical (unpaired) electrons. The van der Waals surface area contributed by atoms with Crippen molar-refractivity contribution in [3.8, 4) is 0 Å². The van der Waals surface area contributed by atoms with Gasteiger partial charge in [0.1, 0.15) is 18.3 Å². The summed E-state index contributed by atoms with van der Waals surface area (Å²) >= 11 is 0. The SMILES string of the molecule is CC[C@@H](/C=C/[C@H]1OC(C)(C)O[C@@H]1CO[Si](c1ccccc1)(c1ccccc1)C(C)(C)C)OC(N)=O. The van der Waals surface area contributed by atoms with Gasteiger partial charge in [0.05, 0.1) is 6.61 Å². The summed E-state index contributed by atoms with van der Waals surface area (Å²) < 4.78 is 24.7. The van der Waals surface area contributed by atoms with Crippen LogP contribution in [0.15, 0.2) is 72.8 Å². The Labute approximate surface area is 210 Å². The molecule has 7 heteroatoms. The van der Waals surface area contributed by atoms with Crippen molar-refractivity contribution in [1.82, 2.24) is 0 Å². The van der Waals surface area contributed by atoms with E-state index >= 15 is 0 Å². The number of hydrogen-bond donors (Lipinski definition) is 1. The molecule has 0 aromatic heterocycles. The maximum Gasteiger partial charge on any atom is 0.405 e. The molecular weight excluding hydrogens is 458 g/mol. The highest BCUT2D eigenvalue weighted by Crippen LogP contribution is 2.38. The molecule has 1 amide bonds. The summed E-state index contributed by atoms with van der Waals surface area (Å²) in [5, 5.41) is 2.29. The van der Waals surface area contributed by atoms with E-state index in [1.165, 1.54) is 10.4 Å². The van der Waals surface area contributed by atoms with Gasteiger partial charge in [-0.05, 0) is 41.8 Å². The minimum absolute atomic E-state index is 0.140. The number of amides is 1. The van der Waals surface area contributed by atoms with Crippen molar-refractivity contribution in [2.24, 2.45) is 5.73 Å². The first-order valence-electron chi connectivity index (χ1n) is 12.2. The van der Waals surface area contributed by atoms with Crippen LogP contribution < -0.4 is 16.1 Å². The molecule has 1 aliphatic rings. The van der Waals surface area contributed by atoms with Crippen molar-refractivity contribution in [3.63, 3.8) is 0 Å². The van der Waals surface area contributed by atoms with Crippen molar-refractivity contribution in [1.29, 1.82) is 0 Å². The summed E-state index contributed by atoms with van der Waals surface area (Å²) in [4.78, 5) is 11.2. The topological polar surface area (TPSA) is 80.0 Å². The van der Waals surface area contributed by atoms with Crippen LogP contribution in [0.25, 0.3) is 0 Å². The molecule has 0 bridgehead atoms. The van der Waals surface area contributed by atoms with Gasteiger partial charge in [-0.25, -0.2) is 4.79 Å². The van der Waals surface area contributed by atoms with E-state index in [-0.39, 0.29) is 17.2 Å². The average molecular weight is 498 g/mol. The van der Waals surface area contributed by atoms with Crippen LogP contribution in [0.3, 0.4) is 0 Å². The molecule has 2 aromatic rings. The van der Waals surface area contributed by atoms with Gasteiger partial charge in [0.15, 0.2) is 5.79 Å². The first kappa shape index (κ1) is 27.1. The van der Waals surface area contributed by atoms with Crippen LogP contribution in [0.2, 0.25) is 5.04 Å². The Hall–Kier alpha value is -2.45. The summed E-state index contributed by atoms with van der Waals surface area (Å²) in [5.41, 5.74) is 5.20. The van der Waals surface area contributed by atoms with Crippen LogP contribution in [0.1, 0.15) is 48.0 Å². The highest BCUT2D eigenvalue weighted by atomic mass is 28.4. The Morgan fingerprint density at radius 1 is 1.06 bits per heavy atom. The second-order valence-electron chi connectivity index (χ2n) is 10.4. The Balaban J connectivity index is 1.94. The van der Waals surface area contributed by atoms with Gasteiger partial charge in [0, 0.05) is 0 Å². The molecule has 3 atom stereocenters. The van der Waals surface area contributed by atoms with E-state index < -0.39 is 26.3 Å². The highest BCUT2D eigenvalue weighted by molar-refractivity contribution is 6.99. The summed E-state index contributed by atoms with van der Waals surface area (Å²) in [6, 6.07) is 21.0. The molecule has 0 unspecified atom stereocenters. The predicted molar refractivity (Wildman–Crippen MR) is 141 cm³/mol. The minimum atomic E-state index is -2.71. The van der Waals surface area contributed by atoms with E-state index in [9.17, 15) is 4.79 Å². The van der Waals surface area contributed by atoms with E-state index in [0.717, 1.165) is 0 Å². The molecular formula is C28H39NO5Si. The smallest absolute Gasteiger partial charge is 0.405 e. The molecule has 6 nitrogen and oxygen atoms in total. The Kier molecular flexibility index (Phi) is 8.59. The van der Waals surface area contributed by atoms with Gasteiger partial charge in [0.2, 0.25) is 0 Å². The van der Waals surface area contributed by atoms with Gasteiger partial charge >= 0.3 is 6.09 Å². The van der Waals surface area contributed by atoms with E-state index in [0.29, 0.717) is 13.0 Å². The maximum atomic E-state index is 11.2. The molecule has 1 heterocycles. The molecule has 0 saturated carbocycles. The number of rotatable bonds is 9.